The van der Waals surface area contributed by atoms with Gasteiger partial charge in [0, 0.05) is 6.61 Å². The van der Waals surface area contributed by atoms with Crippen LogP contribution in [-0.2, 0) is 30.1 Å². The number of imidazole rings is 1. The predicted octanol–water partition coefficient (Wildman–Crippen LogP) is 3.00. The van der Waals surface area contributed by atoms with E-state index in [0.29, 0.717) is 17.8 Å². The molecule has 1 aromatic carbocycles. The van der Waals surface area contributed by atoms with E-state index in [4.69, 9.17) is 31.5 Å². The lowest BCUT2D eigenvalue weighted by Crippen LogP contribution is -2.49. The molecule has 1 unspecified atom stereocenters. The summed E-state index contributed by atoms with van der Waals surface area (Å²) in [7, 11) is -3.91. The zero-order valence-corrected chi connectivity index (χ0v) is 23.9. The minimum absolute atomic E-state index is 0.0224. The molecule has 3 rings (SSSR count). The van der Waals surface area contributed by atoms with Crippen molar-refractivity contribution in [2.75, 3.05) is 31.9 Å². The van der Waals surface area contributed by atoms with Crippen molar-refractivity contribution in [2.24, 2.45) is 0 Å². The van der Waals surface area contributed by atoms with Crippen LogP contribution in [-0.4, -0.2) is 69.2 Å². The van der Waals surface area contributed by atoms with Gasteiger partial charge >= 0.3 is 5.97 Å². The molecule has 1 amide bonds. The predicted molar refractivity (Wildman–Crippen MR) is 146 cm³/mol. The molecule has 0 saturated carbocycles. The highest BCUT2D eigenvalue weighted by atomic mass is 35.5. The van der Waals surface area contributed by atoms with E-state index in [1.807, 2.05) is 6.92 Å². The second-order valence-electron chi connectivity index (χ2n) is 9.16. The first-order chi connectivity index (χ1) is 18.5. The molecule has 15 heteroatoms. The fraction of sp³-hybridized carbons (Fsp3) is 0.458. The summed E-state index contributed by atoms with van der Waals surface area (Å²) in [6.45, 7) is 7.58. The lowest BCUT2D eigenvalue weighted by Gasteiger charge is -2.31. The largest absolute Gasteiger partial charge is 0.462 e. The van der Waals surface area contributed by atoms with Gasteiger partial charge in [-0.3, -0.25) is 19.2 Å². The van der Waals surface area contributed by atoms with Gasteiger partial charge in [0.05, 0.1) is 36.2 Å². The third-order valence-corrected chi connectivity index (χ3v) is 7.79. The number of carbonyl (C=O) groups is 2. The first-order valence-electron chi connectivity index (χ1n) is 12.2. The first kappa shape index (κ1) is 30.5. The Morgan fingerprint density at radius 1 is 1.21 bits per heavy atom. The van der Waals surface area contributed by atoms with E-state index in [0.717, 1.165) is 0 Å². The SMILES string of the molecule is CCOCCOC(=O)C(C)(C)NP(=O)(CO[C@H](C)Cn1cnc2c(N)ncnc21)NC(=O)c1ccccc1Cl. The molecule has 4 N–H and O–H groups in total. The normalized spacial score (nSPS) is 14.1. The fourth-order valence-electron chi connectivity index (χ4n) is 3.57. The summed E-state index contributed by atoms with van der Waals surface area (Å²) in [6.07, 6.45) is 1.93. The summed E-state index contributed by atoms with van der Waals surface area (Å²) >= 11 is 6.16. The Kier molecular flexibility index (Phi) is 10.4. The summed E-state index contributed by atoms with van der Waals surface area (Å²) in [5.74, 6) is -1.12. The minimum Gasteiger partial charge on any atom is -0.462 e. The van der Waals surface area contributed by atoms with Crippen LogP contribution < -0.4 is 15.9 Å². The number of anilines is 1. The monoisotopic (exact) mass is 581 g/mol. The first-order valence-corrected chi connectivity index (χ1v) is 14.5. The van der Waals surface area contributed by atoms with Crippen molar-refractivity contribution in [3.8, 4) is 0 Å². The van der Waals surface area contributed by atoms with Crippen molar-refractivity contribution in [3.05, 3.63) is 47.5 Å². The molecule has 0 saturated heterocycles. The lowest BCUT2D eigenvalue weighted by atomic mass is 10.1. The molecule has 2 aromatic heterocycles. The van der Waals surface area contributed by atoms with Gasteiger partial charge in [-0.25, -0.2) is 20.0 Å². The number of fused-ring (bicyclic) bond motifs is 1. The molecule has 0 aliphatic heterocycles. The molecular weight excluding hydrogens is 549 g/mol. The van der Waals surface area contributed by atoms with Gasteiger partial charge in [0.2, 0.25) is 0 Å². The quantitative estimate of drug-likeness (QED) is 0.145. The Hall–Kier alpha value is -3.09. The number of benzene rings is 1. The zero-order chi connectivity index (χ0) is 28.6. The van der Waals surface area contributed by atoms with E-state index < -0.39 is 37.3 Å². The van der Waals surface area contributed by atoms with Crippen molar-refractivity contribution in [3.63, 3.8) is 0 Å². The highest BCUT2D eigenvalue weighted by Crippen LogP contribution is 2.40. The number of ether oxygens (including phenoxy) is 3. The molecular formula is C24H33ClN7O6P. The van der Waals surface area contributed by atoms with Crippen molar-refractivity contribution in [2.45, 2.75) is 45.9 Å². The average molecular weight is 582 g/mol. The van der Waals surface area contributed by atoms with Crippen molar-refractivity contribution >= 4 is 47.9 Å². The van der Waals surface area contributed by atoms with Crippen LogP contribution in [0.4, 0.5) is 5.82 Å². The highest BCUT2D eigenvalue weighted by Gasteiger charge is 2.39. The molecule has 212 valence electrons. The fourth-order valence-corrected chi connectivity index (χ4v) is 5.89. The van der Waals surface area contributed by atoms with Crippen LogP contribution >= 0.6 is 19.0 Å². The van der Waals surface area contributed by atoms with Gasteiger partial charge in [0.1, 0.15) is 30.3 Å². The van der Waals surface area contributed by atoms with Crippen LogP contribution in [0.2, 0.25) is 5.02 Å². The Morgan fingerprint density at radius 2 is 1.95 bits per heavy atom. The van der Waals surface area contributed by atoms with Gasteiger partial charge in [-0.2, -0.15) is 0 Å². The molecule has 0 fully saturated rings. The number of nitrogens with zero attached hydrogens (tertiary/aromatic N) is 4. The number of nitrogens with two attached hydrogens (primary N) is 1. The minimum atomic E-state index is -3.91. The molecule has 0 aliphatic rings. The van der Waals surface area contributed by atoms with E-state index >= 15 is 0 Å². The number of carbonyl (C=O) groups excluding carboxylic acids is 2. The number of amides is 1. The molecule has 39 heavy (non-hydrogen) atoms. The summed E-state index contributed by atoms with van der Waals surface area (Å²) < 4.78 is 32.1. The number of hydrogen-bond acceptors (Lipinski definition) is 10. The van der Waals surface area contributed by atoms with Crippen LogP contribution in [0.15, 0.2) is 36.9 Å². The third-order valence-electron chi connectivity index (χ3n) is 5.46. The molecule has 2 heterocycles. The molecule has 0 aliphatic carbocycles. The second kappa shape index (κ2) is 13.3. The molecule has 0 bridgehead atoms. The maximum atomic E-state index is 14.1. The van der Waals surface area contributed by atoms with Gasteiger partial charge < -0.3 is 24.5 Å². The topological polar surface area (TPSA) is 173 Å². The van der Waals surface area contributed by atoms with Crippen molar-refractivity contribution in [1.82, 2.24) is 29.7 Å². The number of rotatable bonds is 14. The zero-order valence-electron chi connectivity index (χ0n) is 22.2. The molecule has 0 radical (unpaired) electrons. The van der Waals surface area contributed by atoms with E-state index in [2.05, 4.69) is 25.1 Å². The Bertz CT molecular complexity index is 1350. The number of aromatic nitrogens is 4. The maximum absolute atomic E-state index is 14.1. The number of hydrogen-bond donors (Lipinski definition) is 3. The molecule has 3 aromatic rings. The number of esters is 1. The number of halogens is 1. The molecule has 2 atom stereocenters. The molecule has 0 spiro atoms. The summed E-state index contributed by atoms with van der Waals surface area (Å²) in [5, 5.41) is 5.44. The van der Waals surface area contributed by atoms with E-state index in [1.54, 1.807) is 36.0 Å². The van der Waals surface area contributed by atoms with Crippen molar-refractivity contribution in [1.29, 1.82) is 0 Å². The Balaban J connectivity index is 1.75. The lowest BCUT2D eigenvalue weighted by molar-refractivity contribution is -0.151. The van der Waals surface area contributed by atoms with E-state index in [-0.39, 0.29) is 36.2 Å². The third kappa shape index (κ3) is 8.20. The van der Waals surface area contributed by atoms with Gasteiger partial charge in [0.25, 0.3) is 13.4 Å². The highest BCUT2D eigenvalue weighted by molar-refractivity contribution is 7.60. The van der Waals surface area contributed by atoms with E-state index in [9.17, 15) is 14.2 Å². The smallest absolute Gasteiger partial charge is 0.326 e. The van der Waals surface area contributed by atoms with Gasteiger partial charge in [-0.05, 0) is 39.8 Å². The molecule has 13 nitrogen and oxygen atoms in total. The summed E-state index contributed by atoms with van der Waals surface area (Å²) in [4.78, 5) is 38.1. The van der Waals surface area contributed by atoms with Crippen LogP contribution in [0.5, 0.6) is 0 Å². The standard InChI is InChI=1S/C24H33ClN7O6P/c1-5-36-10-11-37-23(34)24(3,4)31-39(35,30-22(33)17-8-6-7-9-18(17)25)15-38-16(2)12-32-14-29-19-20(26)27-13-28-21(19)32/h6-9,13-14,16H,5,10-12,15H2,1-4H3,(H2,26,27,28)(H2,30,31,33,35)/t16-,39?/m1/s1. The van der Waals surface area contributed by atoms with Crippen LogP contribution in [0.1, 0.15) is 38.1 Å². The second-order valence-corrected chi connectivity index (χ2v) is 11.8. The van der Waals surface area contributed by atoms with Gasteiger partial charge in [-0.15, -0.1) is 0 Å². The summed E-state index contributed by atoms with van der Waals surface area (Å²) in [5.41, 5.74) is 5.49. The van der Waals surface area contributed by atoms with Crippen LogP contribution in [0.3, 0.4) is 0 Å². The van der Waals surface area contributed by atoms with Crippen molar-refractivity contribution < 1.29 is 28.4 Å². The van der Waals surface area contributed by atoms with E-state index in [1.165, 1.54) is 26.2 Å². The van der Waals surface area contributed by atoms with Crippen LogP contribution in [0, 0.1) is 0 Å². The van der Waals surface area contributed by atoms with Crippen LogP contribution in [0.25, 0.3) is 11.2 Å². The summed E-state index contributed by atoms with van der Waals surface area (Å²) in [6, 6.07) is 6.33. The average Bonchev–Trinajstić information content (AvgIpc) is 3.29. The Labute approximate surface area is 231 Å². The van der Waals surface area contributed by atoms with Gasteiger partial charge in [0.15, 0.2) is 11.5 Å². The number of nitrogens with one attached hydrogen (secondary N) is 2. The van der Waals surface area contributed by atoms with Gasteiger partial charge in [-0.1, -0.05) is 23.7 Å². The maximum Gasteiger partial charge on any atom is 0.326 e. The number of nitrogen functional groups attached to an aromatic ring is 1. The Morgan fingerprint density at radius 3 is 2.67 bits per heavy atom.